The van der Waals surface area contributed by atoms with Gasteiger partial charge in [-0.15, -0.1) is 0 Å². The number of alkyl halides is 6. The SMILES string of the molecule is C=NN(/C(=C(\C)C(=O)O)C(F)(F)F)c1cccc(-c2cc(Cl)ccc2OCc2ccc(C3CCC(C(F)(F)F)CC3)cc2)n1. The Balaban J connectivity index is 1.54. The molecule has 1 aliphatic rings. The summed E-state index contributed by atoms with van der Waals surface area (Å²) in [7, 11) is 0. The molecule has 0 saturated heterocycles. The number of carboxylic acids is 1. The lowest BCUT2D eigenvalue weighted by Crippen LogP contribution is -2.31. The molecule has 0 unspecified atom stereocenters. The lowest BCUT2D eigenvalue weighted by molar-refractivity contribution is -0.182. The zero-order valence-corrected chi connectivity index (χ0v) is 24.2. The van der Waals surface area contributed by atoms with Crippen molar-refractivity contribution < 1.29 is 41.0 Å². The number of carboxylic acid groups (broad SMARTS) is 1. The molecule has 1 aromatic heterocycles. The Morgan fingerprint density at radius 2 is 1.70 bits per heavy atom. The van der Waals surface area contributed by atoms with Crippen LogP contribution in [-0.2, 0) is 11.4 Å². The molecule has 2 aromatic carbocycles. The summed E-state index contributed by atoms with van der Waals surface area (Å²) in [6, 6.07) is 16.3. The number of hydrogen-bond acceptors (Lipinski definition) is 5. The number of hydrazone groups is 1. The molecule has 44 heavy (non-hydrogen) atoms. The van der Waals surface area contributed by atoms with Crippen LogP contribution >= 0.6 is 11.6 Å². The van der Waals surface area contributed by atoms with Crippen molar-refractivity contribution in [2.75, 3.05) is 5.01 Å². The Morgan fingerprint density at radius 3 is 2.27 bits per heavy atom. The van der Waals surface area contributed by atoms with Crippen molar-refractivity contribution in [2.24, 2.45) is 11.0 Å². The Hall–Kier alpha value is -4.06. The van der Waals surface area contributed by atoms with Gasteiger partial charge in [0.1, 0.15) is 12.4 Å². The van der Waals surface area contributed by atoms with Crippen molar-refractivity contribution in [2.45, 2.75) is 57.5 Å². The van der Waals surface area contributed by atoms with Crippen LogP contribution in [-0.4, -0.2) is 35.1 Å². The molecule has 1 fully saturated rings. The normalized spacial score (nSPS) is 17.9. The van der Waals surface area contributed by atoms with E-state index in [1.807, 2.05) is 24.3 Å². The number of allylic oxidation sites excluding steroid dienone is 1. The number of carbonyl (C=O) groups is 1. The fourth-order valence-corrected chi connectivity index (χ4v) is 5.34. The third-order valence-electron chi connectivity index (χ3n) is 7.50. The number of ether oxygens (including phenoxy) is 1. The zero-order valence-electron chi connectivity index (χ0n) is 23.4. The van der Waals surface area contributed by atoms with Crippen molar-refractivity contribution in [1.29, 1.82) is 0 Å². The molecule has 234 valence electrons. The van der Waals surface area contributed by atoms with Crippen LogP contribution in [0.3, 0.4) is 0 Å². The fraction of sp³-hybridized carbons (Fsp3) is 0.323. The van der Waals surface area contributed by atoms with E-state index in [2.05, 4.69) is 16.8 Å². The summed E-state index contributed by atoms with van der Waals surface area (Å²) in [4.78, 5) is 15.7. The Morgan fingerprint density at radius 1 is 1.05 bits per heavy atom. The summed E-state index contributed by atoms with van der Waals surface area (Å²) in [6.45, 7) is 4.09. The van der Waals surface area contributed by atoms with E-state index >= 15 is 0 Å². The molecule has 1 saturated carbocycles. The first-order valence-electron chi connectivity index (χ1n) is 13.5. The summed E-state index contributed by atoms with van der Waals surface area (Å²) in [5.41, 5.74) is -0.269. The second-order valence-corrected chi connectivity index (χ2v) is 10.8. The molecule has 6 nitrogen and oxygen atoms in total. The van der Waals surface area contributed by atoms with Crippen LogP contribution in [0.1, 0.15) is 49.7 Å². The molecule has 0 bridgehead atoms. The lowest BCUT2D eigenvalue weighted by Gasteiger charge is -2.30. The summed E-state index contributed by atoms with van der Waals surface area (Å²) >= 11 is 6.22. The van der Waals surface area contributed by atoms with E-state index in [0.717, 1.165) is 18.1 Å². The molecule has 0 atom stereocenters. The van der Waals surface area contributed by atoms with Crippen LogP contribution in [0.5, 0.6) is 5.75 Å². The summed E-state index contributed by atoms with van der Waals surface area (Å²) in [5, 5.41) is 13.3. The number of halogens is 7. The van der Waals surface area contributed by atoms with Gasteiger partial charge in [0.05, 0.1) is 17.2 Å². The molecular formula is C31H28ClF6N3O3. The van der Waals surface area contributed by atoms with Crippen molar-refractivity contribution in [3.8, 4) is 17.0 Å². The van der Waals surface area contributed by atoms with Crippen LogP contribution in [0, 0.1) is 5.92 Å². The molecule has 0 radical (unpaired) electrons. The van der Waals surface area contributed by atoms with E-state index in [9.17, 15) is 36.2 Å². The number of aromatic nitrogens is 1. The molecule has 1 N–H and O–H groups in total. The van der Waals surface area contributed by atoms with Gasteiger partial charge in [0.25, 0.3) is 0 Å². The summed E-state index contributed by atoms with van der Waals surface area (Å²) < 4.78 is 86.7. The van der Waals surface area contributed by atoms with Crippen molar-refractivity contribution in [3.63, 3.8) is 0 Å². The standard InChI is InChI=1S/C31H28ClF6N3O3/c1-18(29(42)43)28(31(36,37)38)41(39-2)27-5-3-4-25(40-27)24-16-23(32)14-15-26(24)44-17-19-6-8-20(9-7-19)21-10-12-22(13-11-21)30(33,34)35/h3-9,14-16,21-22H,2,10-13,17H2,1H3,(H,42,43)/b28-18+. The molecule has 0 spiro atoms. The second-order valence-electron chi connectivity index (χ2n) is 10.4. The first kappa shape index (κ1) is 32.8. The Kier molecular flexibility index (Phi) is 9.92. The molecule has 3 aromatic rings. The maximum atomic E-state index is 13.9. The first-order valence-corrected chi connectivity index (χ1v) is 13.9. The molecule has 0 aliphatic heterocycles. The third-order valence-corrected chi connectivity index (χ3v) is 7.74. The van der Waals surface area contributed by atoms with Crippen LogP contribution < -0.4 is 9.75 Å². The topological polar surface area (TPSA) is 75.0 Å². The number of benzene rings is 2. The monoisotopic (exact) mass is 639 g/mol. The molecular weight excluding hydrogens is 612 g/mol. The highest BCUT2D eigenvalue weighted by atomic mass is 35.5. The quantitative estimate of drug-likeness (QED) is 0.109. The number of rotatable bonds is 9. The molecule has 1 aliphatic carbocycles. The van der Waals surface area contributed by atoms with E-state index in [-0.39, 0.29) is 36.9 Å². The van der Waals surface area contributed by atoms with Crippen LogP contribution in [0.25, 0.3) is 11.3 Å². The van der Waals surface area contributed by atoms with E-state index < -0.39 is 35.5 Å². The minimum absolute atomic E-state index is 0.0569. The van der Waals surface area contributed by atoms with E-state index in [1.165, 1.54) is 24.3 Å². The van der Waals surface area contributed by atoms with Gasteiger partial charge in [0, 0.05) is 17.3 Å². The molecule has 13 heteroatoms. The van der Waals surface area contributed by atoms with Crippen LogP contribution in [0.15, 0.2) is 77.0 Å². The van der Waals surface area contributed by atoms with Gasteiger partial charge in [-0.25, -0.2) is 14.8 Å². The Bertz CT molecular complexity index is 1530. The number of aliphatic carboxylic acids is 1. The van der Waals surface area contributed by atoms with Gasteiger partial charge in [-0.2, -0.15) is 31.4 Å². The highest BCUT2D eigenvalue weighted by Gasteiger charge is 2.43. The van der Waals surface area contributed by atoms with Crippen molar-refractivity contribution in [3.05, 3.63) is 88.1 Å². The van der Waals surface area contributed by atoms with Gasteiger partial charge < -0.3 is 9.84 Å². The lowest BCUT2D eigenvalue weighted by atomic mass is 9.78. The largest absolute Gasteiger partial charge is 0.488 e. The maximum absolute atomic E-state index is 13.9. The van der Waals surface area contributed by atoms with Gasteiger partial charge in [-0.3, -0.25) is 0 Å². The predicted octanol–water partition coefficient (Wildman–Crippen LogP) is 9.16. The fourth-order valence-electron chi connectivity index (χ4n) is 5.17. The van der Waals surface area contributed by atoms with Crippen LogP contribution in [0.4, 0.5) is 32.2 Å². The highest BCUT2D eigenvalue weighted by Crippen LogP contribution is 2.43. The van der Waals surface area contributed by atoms with Crippen molar-refractivity contribution >= 4 is 30.1 Å². The molecule has 1 heterocycles. The molecule has 0 amide bonds. The van der Waals surface area contributed by atoms with Gasteiger partial charge in [0.15, 0.2) is 11.5 Å². The first-order chi connectivity index (χ1) is 20.7. The smallest absolute Gasteiger partial charge is 0.434 e. The Labute approximate surface area is 254 Å². The minimum atomic E-state index is -5.08. The number of nitrogens with zero attached hydrogens (tertiary/aromatic N) is 3. The van der Waals surface area contributed by atoms with Gasteiger partial charge in [-0.05, 0) is 80.0 Å². The number of hydrogen-bond donors (Lipinski definition) is 1. The van der Waals surface area contributed by atoms with Gasteiger partial charge >= 0.3 is 18.3 Å². The average molecular weight is 640 g/mol. The van der Waals surface area contributed by atoms with Crippen molar-refractivity contribution in [1.82, 2.24) is 4.98 Å². The molecule has 4 rings (SSSR count). The van der Waals surface area contributed by atoms with Gasteiger partial charge in [-0.1, -0.05) is 41.9 Å². The second kappa shape index (κ2) is 13.3. The summed E-state index contributed by atoms with van der Waals surface area (Å²) in [5.74, 6) is -2.99. The van der Waals surface area contributed by atoms with Gasteiger partial charge in [0.2, 0.25) is 0 Å². The number of pyridine rings is 1. The van der Waals surface area contributed by atoms with E-state index in [0.29, 0.717) is 34.2 Å². The summed E-state index contributed by atoms with van der Waals surface area (Å²) in [6.07, 6.45) is -8.08. The number of anilines is 1. The van der Waals surface area contributed by atoms with Crippen LogP contribution in [0.2, 0.25) is 5.02 Å². The predicted molar refractivity (Wildman–Crippen MR) is 155 cm³/mol. The van der Waals surface area contributed by atoms with E-state index in [4.69, 9.17) is 16.3 Å². The average Bonchev–Trinajstić information content (AvgIpc) is 2.98. The maximum Gasteiger partial charge on any atom is 0.434 e. The highest BCUT2D eigenvalue weighted by molar-refractivity contribution is 6.31. The third kappa shape index (κ3) is 7.71. The minimum Gasteiger partial charge on any atom is -0.488 e. The van der Waals surface area contributed by atoms with E-state index in [1.54, 1.807) is 12.1 Å². The zero-order chi connectivity index (χ0) is 32.2.